The molecule has 1 atom stereocenters. The van der Waals surface area contributed by atoms with Crippen molar-refractivity contribution in [2.45, 2.75) is 45.0 Å². The lowest BCUT2D eigenvalue weighted by Gasteiger charge is -2.20. The normalized spacial score (nSPS) is 21.4. The standard InChI is InChI=1S/C15H22O4/c1-15(2)8-7-12(19-15)10-18-14-11(9-16)5-4-6-13(14)17-3/h4-6,12,16H,7-10H2,1-3H3. The minimum atomic E-state index is -0.0659. The molecular weight excluding hydrogens is 244 g/mol. The van der Waals surface area contributed by atoms with E-state index < -0.39 is 0 Å². The minimum absolute atomic E-state index is 0.0609. The highest BCUT2D eigenvalue weighted by Crippen LogP contribution is 2.33. The first-order valence-electron chi connectivity index (χ1n) is 6.63. The first-order valence-corrected chi connectivity index (χ1v) is 6.63. The second-order valence-electron chi connectivity index (χ2n) is 5.46. The summed E-state index contributed by atoms with van der Waals surface area (Å²) in [5, 5.41) is 9.35. The van der Waals surface area contributed by atoms with E-state index in [-0.39, 0.29) is 18.3 Å². The van der Waals surface area contributed by atoms with Crippen molar-refractivity contribution in [1.29, 1.82) is 0 Å². The second-order valence-corrected chi connectivity index (χ2v) is 5.46. The third-order valence-electron chi connectivity index (χ3n) is 3.42. The quantitative estimate of drug-likeness (QED) is 0.889. The van der Waals surface area contributed by atoms with Crippen LogP contribution in [0.4, 0.5) is 0 Å². The number of benzene rings is 1. The Morgan fingerprint density at radius 1 is 1.42 bits per heavy atom. The fourth-order valence-corrected chi connectivity index (χ4v) is 2.38. The Labute approximate surface area is 114 Å². The van der Waals surface area contributed by atoms with Gasteiger partial charge in [0.25, 0.3) is 0 Å². The average Bonchev–Trinajstić information content (AvgIpc) is 2.75. The maximum absolute atomic E-state index is 9.35. The van der Waals surface area contributed by atoms with Crippen LogP contribution in [-0.4, -0.2) is 30.5 Å². The predicted octanol–water partition coefficient (Wildman–Crippen LogP) is 2.52. The third kappa shape index (κ3) is 3.39. The molecule has 1 saturated heterocycles. The summed E-state index contributed by atoms with van der Waals surface area (Å²) in [4.78, 5) is 0. The molecule has 4 nitrogen and oxygen atoms in total. The van der Waals surface area contributed by atoms with Gasteiger partial charge in [-0.2, -0.15) is 0 Å². The van der Waals surface area contributed by atoms with Gasteiger partial charge in [0.2, 0.25) is 0 Å². The van der Waals surface area contributed by atoms with Crippen molar-refractivity contribution in [3.05, 3.63) is 23.8 Å². The van der Waals surface area contributed by atoms with Gasteiger partial charge in [-0.25, -0.2) is 0 Å². The number of methoxy groups -OCH3 is 1. The fourth-order valence-electron chi connectivity index (χ4n) is 2.38. The van der Waals surface area contributed by atoms with Gasteiger partial charge >= 0.3 is 0 Å². The van der Waals surface area contributed by atoms with E-state index in [2.05, 4.69) is 13.8 Å². The Bertz CT molecular complexity index is 406. The lowest BCUT2D eigenvalue weighted by Crippen LogP contribution is -2.24. The first-order chi connectivity index (χ1) is 9.05. The predicted molar refractivity (Wildman–Crippen MR) is 72.6 cm³/mol. The van der Waals surface area contributed by atoms with Crippen molar-refractivity contribution in [3.8, 4) is 11.5 Å². The average molecular weight is 266 g/mol. The van der Waals surface area contributed by atoms with Gasteiger partial charge in [-0.3, -0.25) is 0 Å². The van der Waals surface area contributed by atoms with Crippen LogP contribution in [0, 0.1) is 0 Å². The zero-order chi connectivity index (χ0) is 13.9. The molecule has 1 aliphatic heterocycles. The zero-order valence-electron chi connectivity index (χ0n) is 11.8. The minimum Gasteiger partial charge on any atom is -0.493 e. The van der Waals surface area contributed by atoms with Crippen LogP contribution < -0.4 is 9.47 Å². The van der Waals surface area contributed by atoms with Crippen molar-refractivity contribution in [2.75, 3.05) is 13.7 Å². The van der Waals surface area contributed by atoms with Crippen LogP contribution in [0.15, 0.2) is 18.2 Å². The lowest BCUT2D eigenvalue weighted by atomic mass is 10.1. The Morgan fingerprint density at radius 2 is 2.21 bits per heavy atom. The third-order valence-corrected chi connectivity index (χ3v) is 3.42. The van der Waals surface area contributed by atoms with Gasteiger partial charge in [0.05, 0.1) is 25.4 Å². The van der Waals surface area contributed by atoms with E-state index in [1.807, 2.05) is 18.2 Å². The molecule has 0 aliphatic carbocycles. The molecule has 1 aliphatic rings. The molecule has 0 radical (unpaired) electrons. The van der Waals surface area contributed by atoms with Gasteiger partial charge in [-0.1, -0.05) is 12.1 Å². The van der Waals surface area contributed by atoms with Crippen molar-refractivity contribution >= 4 is 0 Å². The van der Waals surface area contributed by atoms with E-state index in [0.717, 1.165) is 18.4 Å². The summed E-state index contributed by atoms with van der Waals surface area (Å²) in [7, 11) is 1.60. The maximum Gasteiger partial charge on any atom is 0.166 e. The molecular formula is C15H22O4. The zero-order valence-corrected chi connectivity index (χ0v) is 11.8. The molecule has 1 aromatic carbocycles. The van der Waals surface area contributed by atoms with E-state index in [4.69, 9.17) is 14.2 Å². The number of aliphatic hydroxyl groups is 1. The lowest BCUT2D eigenvalue weighted by molar-refractivity contribution is -0.0331. The summed E-state index contributed by atoms with van der Waals surface area (Å²) in [6, 6.07) is 5.50. The number of rotatable bonds is 5. The Kier molecular flexibility index (Phi) is 4.32. The van der Waals surface area contributed by atoms with Crippen molar-refractivity contribution < 1.29 is 19.3 Å². The number of hydrogen-bond acceptors (Lipinski definition) is 4. The summed E-state index contributed by atoms with van der Waals surface area (Å²) in [6.45, 7) is 4.60. The number of hydrogen-bond donors (Lipinski definition) is 1. The summed E-state index contributed by atoms with van der Waals surface area (Å²) >= 11 is 0. The van der Waals surface area contributed by atoms with E-state index in [9.17, 15) is 5.11 Å². The van der Waals surface area contributed by atoms with Crippen LogP contribution in [0.1, 0.15) is 32.3 Å². The highest BCUT2D eigenvalue weighted by molar-refractivity contribution is 5.46. The van der Waals surface area contributed by atoms with Crippen LogP contribution in [0.2, 0.25) is 0 Å². The summed E-state index contributed by atoms with van der Waals surface area (Å²) in [6.07, 6.45) is 2.14. The van der Waals surface area contributed by atoms with Crippen molar-refractivity contribution in [2.24, 2.45) is 0 Å². The summed E-state index contributed by atoms with van der Waals surface area (Å²) < 4.78 is 17.0. The van der Waals surface area contributed by atoms with Gasteiger partial charge < -0.3 is 19.3 Å². The molecule has 1 N–H and O–H groups in total. The van der Waals surface area contributed by atoms with Gasteiger partial charge in [0, 0.05) is 5.56 Å². The van der Waals surface area contributed by atoms with Gasteiger partial charge in [0.1, 0.15) is 6.61 Å². The van der Waals surface area contributed by atoms with Crippen LogP contribution in [-0.2, 0) is 11.3 Å². The van der Waals surface area contributed by atoms with Gasteiger partial charge in [-0.05, 0) is 32.8 Å². The maximum atomic E-state index is 9.35. The Balaban J connectivity index is 2.03. The topological polar surface area (TPSA) is 47.9 Å². The first kappa shape index (κ1) is 14.2. The van der Waals surface area contributed by atoms with E-state index in [1.54, 1.807) is 7.11 Å². The van der Waals surface area contributed by atoms with Crippen molar-refractivity contribution in [3.63, 3.8) is 0 Å². The molecule has 0 saturated carbocycles. The molecule has 1 unspecified atom stereocenters. The van der Waals surface area contributed by atoms with Crippen LogP contribution >= 0.6 is 0 Å². The van der Waals surface area contributed by atoms with E-state index >= 15 is 0 Å². The van der Waals surface area contributed by atoms with Crippen LogP contribution in [0.25, 0.3) is 0 Å². The fraction of sp³-hybridized carbons (Fsp3) is 0.600. The summed E-state index contributed by atoms with van der Waals surface area (Å²) in [5.74, 6) is 1.25. The largest absolute Gasteiger partial charge is 0.493 e. The highest BCUT2D eigenvalue weighted by Gasteiger charge is 2.32. The number of aliphatic hydroxyl groups excluding tert-OH is 1. The Morgan fingerprint density at radius 3 is 2.79 bits per heavy atom. The van der Waals surface area contributed by atoms with Gasteiger partial charge in [-0.15, -0.1) is 0 Å². The smallest absolute Gasteiger partial charge is 0.166 e. The monoisotopic (exact) mass is 266 g/mol. The number of para-hydroxylation sites is 1. The molecule has 106 valence electrons. The second kappa shape index (κ2) is 5.80. The molecule has 0 aromatic heterocycles. The van der Waals surface area contributed by atoms with E-state index in [0.29, 0.717) is 18.1 Å². The van der Waals surface area contributed by atoms with E-state index in [1.165, 1.54) is 0 Å². The molecule has 1 heterocycles. The molecule has 1 aromatic rings. The molecule has 1 fully saturated rings. The molecule has 0 spiro atoms. The van der Waals surface area contributed by atoms with Gasteiger partial charge in [0.15, 0.2) is 11.5 Å². The molecule has 4 heteroatoms. The molecule has 0 bridgehead atoms. The van der Waals surface area contributed by atoms with Crippen LogP contribution in [0.5, 0.6) is 11.5 Å². The molecule has 19 heavy (non-hydrogen) atoms. The SMILES string of the molecule is COc1cccc(CO)c1OCC1CCC(C)(C)O1. The summed E-state index contributed by atoms with van der Waals surface area (Å²) in [5.41, 5.74) is 0.672. The highest BCUT2D eigenvalue weighted by atomic mass is 16.6. The Hall–Kier alpha value is -1.26. The van der Waals surface area contributed by atoms with Crippen LogP contribution in [0.3, 0.4) is 0 Å². The number of ether oxygens (including phenoxy) is 3. The van der Waals surface area contributed by atoms with Crippen molar-refractivity contribution in [1.82, 2.24) is 0 Å². The molecule has 2 rings (SSSR count). The molecule has 0 amide bonds.